The molecule has 136 valence electrons. The first kappa shape index (κ1) is 18.1. The van der Waals surface area contributed by atoms with Crippen LogP contribution < -0.4 is 0 Å². The van der Waals surface area contributed by atoms with Gasteiger partial charge >= 0.3 is 6.03 Å². The lowest BCUT2D eigenvalue weighted by Crippen LogP contribution is -2.58. The van der Waals surface area contributed by atoms with E-state index in [1.165, 1.54) is 17.0 Å². The first-order valence-electron chi connectivity index (χ1n) is 8.10. The van der Waals surface area contributed by atoms with Gasteiger partial charge in [-0.3, -0.25) is 4.79 Å². The highest BCUT2D eigenvalue weighted by Gasteiger charge is 2.40. The Kier molecular flexibility index (Phi) is 5.26. The summed E-state index contributed by atoms with van der Waals surface area (Å²) in [7, 11) is -3.99. The standard InChI is InChI=1S/C15H19ClN4O4S/c16-13-5-4-12(10-17-13)25(23,24)20-9-8-19(11-14(20)21)15(22)18-6-2-1-3-7-18/h4-5,10H,1-3,6-9,11H2. The van der Waals surface area contributed by atoms with Gasteiger partial charge in [0.15, 0.2) is 15.3 Å². The molecule has 0 radical (unpaired) electrons. The molecule has 3 amide bonds. The molecular weight excluding hydrogens is 368 g/mol. The van der Waals surface area contributed by atoms with E-state index in [1.807, 2.05) is 0 Å². The number of rotatable bonds is 2. The Labute approximate surface area is 152 Å². The number of likely N-dealkylation sites (tertiary alicyclic amines) is 1. The zero-order chi connectivity index (χ0) is 18.0. The molecule has 3 rings (SSSR count). The van der Waals surface area contributed by atoms with Crippen LogP contribution in [0.4, 0.5) is 4.79 Å². The van der Waals surface area contributed by atoms with Crippen LogP contribution in [0.2, 0.25) is 5.15 Å². The SMILES string of the molecule is O=C(N1CCCCC1)N1CCN([S+](=O)([O-])c2ccc(Cl)nc2)C(=O)C1. The lowest BCUT2D eigenvalue weighted by atomic mass is 10.1. The van der Waals surface area contributed by atoms with Crippen molar-refractivity contribution in [2.75, 3.05) is 32.7 Å². The van der Waals surface area contributed by atoms with E-state index in [2.05, 4.69) is 4.98 Å². The fraction of sp³-hybridized carbons (Fsp3) is 0.533. The number of amides is 3. The first-order valence-corrected chi connectivity index (χ1v) is 9.92. The Hall–Kier alpha value is -1.71. The van der Waals surface area contributed by atoms with Crippen LogP contribution in [0, 0.1) is 0 Å². The summed E-state index contributed by atoms with van der Waals surface area (Å²) in [6.07, 6.45) is 4.13. The third kappa shape index (κ3) is 3.78. The first-order chi connectivity index (χ1) is 11.9. The van der Waals surface area contributed by atoms with Crippen molar-refractivity contribution < 1.29 is 18.4 Å². The smallest absolute Gasteiger partial charge is 0.320 e. The van der Waals surface area contributed by atoms with E-state index < -0.39 is 16.3 Å². The second-order valence-electron chi connectivity index (χ2n) is 6.04. The van der Waals surface area contributed by atoms with Crippen LogP contribution in [0.5, 0.6) is 0 Å². The van der Waals surface area contributed by atoms with E-state index in [0.29, 0.717) is 13.1 Å². The molecule has 0 aromatic carbocycles. The zero-order valence-electron chi connectivity index (χ0n) is 13.6. The zero-order valence-corrected chi connectivity index (χ0v) is 15.2. The Morgan fingerprint density at radius 3 is 2.44 bits per heavy atom. The predicted octanol–water partition coefficient (Wildman–Crippen LogP) is 1.39. The number of nitrogens with zero attached hydrogens (tertiary/aromatic N) is 4. The molecule has 10 heteroatoms. The number of piperidine rings is 1. The van der Waals surface area contributed by atoms with Crippen LogP contribution in [-0.4, -0.2) is 68.3 Å². The van der Waals surface area contributed by atoms with Crippen LogP contribution in [0.15, 0.2) is 23.2 Å². The van der Waals surface area contributed by atoms with Crippen molar-refractivity contribution in [3.8, 4) is 0 Å². The van der Waals surface area contributed by atoms with Gasteiger partial charge in [0.2, 0.25) is 0 Å². The molecule has 2 saturated heterocycles. The third-order valence-corrected chi connectivity index (χ3v) is 6.39. The lowest BCUT2D eigenvalue weighted by Gasteiger charge is -2.38. The van der Waals surface area contributed by atoms with E-state index in [1.54, 1.807) is 4.90 Å². The second kappa shape index (κ2) is 7.27. The number of piperazine rings is 1. The molecule has 25 heavy (non-hydrogen) atoms. The second-order valence-corrected chi connectivity index (χ2v) is 8.29. The third-order valence-electron chi connectivity index (χ3n) is 4.36. The van der Waals surface area contributed by atoms with Crippen LogP contribution >= 0.6 is 11.6 Å². The van der Waals surface area contributed by atoms with Crippen LogP contribution in [-0.2, 0) is 19.4 Å². The van der Waals surface area contributed by atoms with Crippen molar-refractivity contribution in [3.63, 3.8) is 0 Å². The molecule has 0 aliphatic carbocycles. The highest BCUT2D eigenvalue weighted by molar-refractivity contribution is 7.96. The normalized spacial score (nSPS) is 21.2. The summed E-state index contributed by atoms with van der Waals surface area (Å²) in [6, 6.07) is 2.47. The Bertz CT molecular complexity index is 708. The van der Waals surface area contributed by atoms with Gasteiger partial charge in [-0.1, -0.05) is 15.8 Å². The number of sulfonamides is 1. The Morgan fingerprint density at radius 1 is 1.12 bits per heavy atom. The average Bonchev–Trinajstić information content (AvgIpc) is 2.62. The van der Waals surface area contributed by atoms with Crippen LogP contribution in [0.1, 0.15) is 19.3 Å². The average molecular weight is 387 g/mol. The molecule has 2 aliphatic heterocycles. The molecule has 0 bridgehead atoms. The molecule has 1 unspecified atom stereocenters. The van der Waals surface area contributed by atoms with Crippen molar-refractivity contribution in [2.24, 2.45) is 0 Å². The monoisotopic (exact) mass is 386 g/mol. The summed E-state index contributed by atoms with van der Waals surface area (Å²) in [6.45, 7) is 1.24. The highest BCUT2D eigenvalue weighted by atomic mass is 35.5. The van der Waals surface area contributed by atoms with Gasteiger partial charge in [-0.2, -0.15) is 4.31 Å². The number of hydrogen-bond donors (Lipinski definition) is 0. The molecule has 0 N–H and O–H groups in total. The number of pyridine rings is 1. The fourth-order valence-corrected chi connectivity index (χ4v) is 4.44. The fourth-order valence-electron chi connectivity index (χ4n) is 3.00. The molecule has 3 heterocycles. The number of halogens is 1. The molecular formula is C15H19ClN4O4S. The van der Waals surface area contributed by atoms with Crippen molar-refractivity contribution in [1.29, 1.82) is 0 Å². The summed E-state index contributed by atoms with van der Waals surface area (Å²) in [4.78, 5) is 31.6. The maximum absolute atomic E-state index is 12.6. The molecule has 0 spiro atoms. The topological polar surface area (TPSA) is 96.9 Å². The molecule has 1 atom stereocenters. The summed E-state index contributed by atoms with van der Waals surface area (Å²) < 4.78 is 26.0. The van der Waals surface area contributed by atoms with Gasteiger partial charge in [-0.05, 0) is 31.4 Å². The molecule has 0 saturated carbocycles. The summed E-state index contributed by atoms with van der Waals surface area (Å²) in [5, 5.41) is 0.169. The Morgan fingerprint density at radius 2 is 1.84 bits per heavy atom. The summed E-state index contributed by atoms with van der Waals surface area (Å²) >= 11 is 5.67. The largest absolute Gasteiger partial charge is 0.588 e. The van der Waals surface area contributed by atoms with E-state index >= 15 is 0 Å². The summed E-state index contributed by atoms with van der Waals surface area (Å²) in [5.74, 6) is -0.619. The highest BCUT2D eigenvalue weighted by Crippen LogP contribution is 2.24. The van der Waals surface area contributed by atoms with Gasteiger partial charge < -0.3 is 14.4 Å². The maximum atomic E-state index is 12.6. The van der Waals surface area contributed by atoms with Gasteiger partial charge in [-0.25, -0.2) is 9.78 Å². The summed E-state index contributed by atoms with van der Waals surface area (Å²) in [5.41, 5.74) is 0. The van der Waals surface area contributed by atoms with Crippen LogP contribution in [0.3, 0.4) is 0 Å². The molecule has 2 aliphatic rings. The Balaban J connectivity index is 1.69. The van der Waals surface area contributed by atoms with Gasteiger partial charge in [0.1, 0.15) is 11.7 Å². The number of urea groups is 1. The quantitative estimate of drug-likeness (QED) is 0.565. The van der Waals surface area contributed by atoms with Gasteiger partial charge in [-0.15, -0.1) is 0 Å². The van der Waals surface area contributed by atoms with Crippen molar-refractivity contribution in [1.82, 2.24) is 19.1 Å². The predicted molar refractivity (Wildman–Crippen MR) is 90.4 cm³/mol. The molecule has 1 aromatic heterocycles. The van der Waals surface area contributed by atoms with Gasteiger partial charge in [0.25, 0.3) is 5.91 Å². The molecule has 2 fully saturated rings. The van der Waals surface area contributed by atoms with E-state index in [9.17, 15) is 18.4 Å². The molecule has 8 nitrogen and oxygen atoms in total. The number of carbonyl (C=O) groups excluding carboxylic acids is 2. The van der Waals surface area contributed by atoms with Crippen molar-refractivity contribution in [3.05, 3.63) is 23.5 Å². The maximum Gasteiger partial charge on any atom is 0.320 e. The van der Waals surface area contributed by atoms with Gasteiger partial charge in [0.05, 0.1) is 12.7 Å². The minimum absolute atomic E-state index is 0.0661. The van der Waals surface area contributed by atoms with Crippen LogP contribution in [0.25, 0.3) is 0 Å². The number of aromatic nitrogens is 1. The minimum Gasteiger partial charge on any atom is -0.588 e. The molecule has 1 aromatic rings. The lowest BCUT2D eigenvalue weighted by molar-refractivity contribution is -0.129. The number of carbonyl (C=O) groups is 2. The van der Waals surface area contributed by atoms with E-state index in [4.69, 9.17) is 11.6 Å². The van der Waals surface area contributed by atoms with Gasteiger partial charge in [0, 0.05) is 19.6 Å². The van der Waals surface area contributed by atoms with Crippen molar-refractivity contribution >= 4 is 33.9 Å². The van der Waals surface area contributed by atoms with E-state index in [0.717, 1.165) is 29.8 Å². The van der Waals surface area contributed by atoms with E-state index in [-0.39, 0.29) is 35.7 Å². The van der Waals surface area contributed by atoms with Crippen molar-refractivity contribution in [2.45, 2.75) is 24.2 Å². The minimum atomic E-state index is -3.99. The number of hydrogen-bond acceptors (Lipinski definition) is 5.